The Morgan fingerprint density at radius 2 is 1.76 bits per heavy atom. The van der Waals surface area contributed by atoms with Crippen LogP contribution in [0.1, 0.15) is 24.1 Å². The molecule has 1 atom stereocenters. The number of rotatable bonds is 5. The highest BCUT2D eigenvalue weighted by molar-refractivity contribution is 5.92. The Labute approximate surface area is 125 Å². The monoisotopic (exact) mass is 281 g/mol. The molecule has 0 unspecified atom stereocenters. The first-order valence-electron chi connectivity index (χ1n) is 6.87. The van der Waals surface area contributed by atoms with Crippen molar-refractivity contribution in [2.45, 2.75) is 13.0 Å². The lowest BCUT2D eigenvalue weighted by Crippen LogP contribution is -2.24. The number of benzene rings is 2. The topological polar surface area (TPSA) is 38.3 Å². The highest BCUT2D eigenvalue weighted by atomic mass is 16.5. The lowest BCUT2D eigenvalue weighted by Gasteiger charge is -2.12. The molecule has 3 nitrogen and oxygen atoms in total. The molecule has 0 radical (unpaired) electrons. The summed E-state index contributed by atoms with van der Waals surface area (Å²) in [4.78, 5) is 12.0. The van der Waals surface area contributed by atoms with Crippen molar-refractivity contribution in [1.29, 1.82) is 0 Å². The van der Waals surface area contributed by atoms with E-state index in [4.69, 9.17) is 4.74 Å². The van der Waals surface area contributed by atoms with Crippen LogP contribution in [0.15, 0.2) is 60.7 Å². The second-order valence-electron chi connectivity index (χ2n) is 4.72. The molecule has 0 saturated heterocycles. The molecule has 0 bridgehead atoms. The first-order chi connectivity index (χ1) is 10.2. The van der Waals surface area contributed by atoms with Crippen LogP contribution >= 0.6 is 0 Å². The number of hydrogen-bond donors (Lipinski definition) is 1. The van der Waals surface area contributed by atoms with E-state index < -0.39 is 0 Å². The van der Waals surface area contributed by atoms with Crippen LogP contribution in [0.25, 0.3) is 6.08 Å². The van der Waals surface area contributed by atoms with Crippen LogP contribution in [-0.2, 0) is 4.79 Å². The molecule has 2 aromatic rings. The number of methoxy groups -OCH3 is 1. The normalized spacial score (nSPS) is 12.1. The minimum atomic E-state index is -0.128. The summed E-state index contributed by atoms with van der Waals surface area (Å²) in [6, 6.07) is 17.4. The molecule has 0 aliphatic rings. The standard InChI is InChI=1S/C18H19NO2/c1-14(15-8-4-3-5-9-15)19-18(20)13-12-16-10-6-7-11-17(16)21-2/h3-14H,1-2H3,(H,19,20)/b13-12+/t14-/m1/s1. The van der Waals surface area contributed by atoms with Crippen LogP contribution in [0.2, 0.25) is 0 Å². The summed E-state index contributed by atoms with van der Waals surface area (Å²) in [6.07, 6.45) is 3.28. The van der Waals surface area contributed by atoms with Gasteiger partial charge in [-0.25, -0.2) is 0 Å². The predicted octanol–water partition coefficient (Wildman–Crippen LogP) is 3.59. The van der Waals surface area contributed by atoms with Crippen LogP contribution < -0.4 is 10.1 Å². The number of amides is 1. The molecule has 0 aromatic heterocycles. The molecule has 0 aliphatic heterocycles. The van der Waals surface area contributed by atoms with Crippen molar-refractivity contribution >= 4 is 12.0 Å². The minimum Gasteiger partial charge on any atom is -0.496 e. The van der Waals surface area contributed by atoms with Gasteiger partial charge in [0.1, 0.15) is 5.75 Å². The Hall–Kier alpha value is -2.55. The van der Waals surface area contributed by atoms with E-state index in [-0.39, 0.29) is 11.9 Å². The van der Waals surface area contributed by atoms with Crippen molar-refractivity contribution in [3.8, 4) is 5.75 Å². The summed E-state index contributed by atoms with van der Waals surface area (Å²) < 4.78 is 5.25. The quantitative estimate of drug-likeness (QED) is 0.851. The van der Waals surface area contributed by atoms with E-state index in [1.165, 1.54) is 6.08 Å². The summed E-state index contributed by atoms with van der Waals surface area (Å²) in [5.74, 6) is 0.620. The maximum absolute atomic E-state index is 12.0. The molecule has 0 aliphatic carbocycles. The van der Waals surface area contributed by atoms with Crippen molar-refractivity contribution in [3.63, 3.8) is 0 Å². The van der Waals surface area contributed by atoms with Crippen LogP contribution in [0, 0.1) is 0 Å². The van der Waals surface area contributed by atoms with E-state index >= 15 is 0 Å². The van der Waals surface area contributed by atoms with Gasteiger partial charge in [-0.2, -0.15) is 0 Å². The molecule has 2 aromatic carbocycles. The Balaban J connectivity index is 2.00. The van der Waals surface area contributed by atoms with E-state index in [1.807, 2.05) is 61.5 Å². The number of para-hydroxylation sites is 1. The Kier molecular flexibility index (Phi) is 5.16. The van der Waals surface area contributed by atoms with Crippen molar-refractivity contribution in [2.75, 3.05) is 7.11 Å². The molecular formula is C18H19NO2. The Morgan fingerprint density at radius 3 is 2.48 bits per heavy atom. The lowest BCUT2D eigenvalue weighted by atomic mass is 10.1. The average Bonchev–Trinajstić information content (AvgIpc) is 2.54. The molecule has 0 saturated carbocycles. The molecule has 0 heterocycles. The lowest BCUT2D eigenvalue weighted by molar-refractivity contribution is -0.117. The third kappa shape index (κ3) is 4.21. The molecule has 1 N–H and O–H groups in total. The minimum absolute atomic E-state index is 0.0268. The first-order valence-corrected chi connectivity index (χ1v) is 6.87. The van der Waals surface area contributed by atoms with E-state index in [0.717, 1.165) is 16.9 Å². The van der Waals surface area contributed by atoms with E-state index in [1.54, 1.807) is 13.2 Å². The molecule has 1 amide bonds. The number of nitrogens with one attached hydrogen (secondary N) is 1. The van der Waals surface area contributed by atoms with Gasteiger partial charge in [-0.1, -0.05) is 48.5 Å². The van der Waals surface area contributed by atoms with Crippen molar-refractivity contribution in [3.05, 3.63) is 71.8 Å². The Bertz CT molecular complexity index is 620. The zero-order valence-corrected chi connectivity index (χ0v) is 12.2. The van der Waals surface area contributed by atoms with Crippen LogP contribution in [0.4, 0.5) is 0 Å². The largest absolute Gasteiger partial charge is 0.496 e. The number of carbonyl (C=O) groups is 1. The predicted molar refractivity (Wildman–Crippen MR) is 85.0 cm³/mol. The van der Waals surface area contributed by atoms with E-state index in [0.29, 0.717) is 0 Å². The molecular weight excluding hydrogens is 262 g/mol. The zero-order valence-electron chi connectivity index (χ0n) is 12.2. The van der Waals surface area contributed by atoms with Gasteiger partial charge in [0.05, 0.1) is 13.2 Å². The fourth-order valence-corrected chi connectivity index (χ4v) is 2.06. The van der Waals surface area contributed by atoms with Gasteiger partial charge in [0.25, 0.3) is 0 Å². The zero-order chi connectivity index (χ0) is 15.1. The molecule has 21 heavy (non-hydrogen) atoms. The van der Waals surface area contributed by atoms with Gasteiger partial charge >= 0.3 is 0 Å². The molecule has 0 spiro atoms. The SMILES string of the molecule is COc1ccccc1/C=C/C(=O)N[C@H](C)c1ccccc1. The van der Waals surface area contributed by atoms with Gasteiger partial charge in [0.15, 0.2) is 0 Å². The van der Waals surface area contributed by atoms with Gasteiger partial charge in [0.2, 0.25) is 5.91 Å². The second-order valence-corrected chi connectivity index (χ2v) is 4.72. The molecule has 0 fully saturated rings. The van der Waals surface area contributed by atoms with E-state index in [2.05, 4.69) is 5.32 Å². The van der Waals surface area contributed by atoms with Gasteiger partial charge < -0.3 is 10.1 Å². The summed E-state index contributed by atoms with van der Waals surface area (Å²) >= 11 is 0. The fourth-order valence-electron chi connectivity index (χ4n) is 2.06. The van der Waals surface area contributed by atoms with Crippen LogP contribution in [0.3, 0.4) is 0 Å². The maximum atomic E-state index is 12.0. The Morgan fingerprint density at radius 1 is 1.10 bits per heavy atom. The van der Waals surface area contributed by atoms with Crippen LogP contribution in [0.5, 0.6) is 5.75 Å². The molecule has 108 valence electrons. The van der Waals surface area contributed by atoms with Gasteiger partial charge in [-0.3, -0.25) is 4.79 Å². The summed E-state index contributed by atoms with van der Waals surface area (Å²) in [5.41, 5.74) is 1.96. The second kappa shape index (κ2) is 7.29. The van der Waals surface area contributed by atoms with Crippen molar-refractivity contribution in [2.24, 2.45) is 0 Å². The maximum Gasteiger partial charge on any atom is 0.244 e. The summed E-state index contributed by atoms with van der Waals surface area (Å²) in [7, 11) is 1.62. The third-order valence-corrected chi connectivity index (χ3v) is 3.21. The van der Waals surface area contributed by atoms with Gasteiger partial charge in [-0.05, 0) is 24.6 Å². The van der Waals surface area contributed by atoms with Crippen LogP contribution in [-0.4, -0.2) is 13.0 Å². The number of carbonyl (C=O) groups excluding carboxylic acids is 1. The average molecular weight is 281 g/mol. The number of ether oxygens (including phenoxy) is 1. The van der Waals surface area contributed by atoms with Gasteiger partial charge in [-0.15, -0.1) is 0 Å². The smallest absolute Gasteiger partial charge is 0.244 e. The van der Waals surface area contributed by atoms with E-state index in [9.17, 15) is 4.79 Å². The third-order valence-electron chi connectivity index (χ3n) is 3.21. The van der Waals surface area contributed by atoms with Crippen molar-refractivity contribution < 1.29 is 9.53 Å². The first kappa shape index (κ1) is 14.9. The molecule has 2 rings (SSSR count). The van der Waals surface area contributed by atoms with Gasteiger partial charge in [0, 0.05) is 11.6 Å². The highest BCUT2D eigenvalue weighted by Gasteiger charge is 2.06. The number of hydrogen-bond acceptors (Lipinski definition) is 2. The summed E-state index contributed by atoms with van der Waals surface area (Å²) in [6.45, 7) is 1.96. The summed E-state index contributed by atoms with van der Waals surface area (Å²) in [5, 5.41) is 2.94. The van der Waals surface area contributed by atoms with Crippen molar-refractivity contribution in [1.82, 2.24) is 5.32 Å². The molecule has 3 heteroatoms. The fraction of sp³-hybridized carbons (Fsp3) is 0.167. The highest BCUT2D eigenvalue weighted by Crippen LogP contribution is 2.18.